The van der Waals surface area contributed by atoms with Crippen LogP contribution in [0.1, 0.15) is 38.5 Å². The smallest absolute Gasteiger partial charge is 0.224 e. The summed E-state index contributed by atoms with van der Waals surface area (Å²) < 4.78 is 0. The Morgan fingerprint density at radius 1 is 1.19 bits per heavy atom. The van der Waals surface area contributed by atoms with Gasteiger partial charge in [-0.05, 0) is 50.9 Å². The van der Waals surface area contributed by atoms with E-state index >= 15 is 0 Å². The number of fused-ring (bicyclic) bond motifs is 1. The molecule has 6 nitrogen and oxygen atoms in total. The van der Waals surface area contributed by atoms with Crippen molar-refractivity contribution in [3.63, 3.8) is 0 Å². The molecule has 0 aliphatic carbocycles. The SMILES string of the molecule is O=C(NCCN1CCCCCC1)C1CCCN(c2nc3cccnc3s2)C1. The molecule has 0 bridgehead atoms. The van der Waals surface area contributed by atoms with Gasteiger partial charge in [-0.3, -0.25) is 4.79 Å². The maximum atomic E-state index is 12.7. The maximum absolute atomic E-state index is 12.7. The fourth-order valence-electron chi connectivity index (χ4n) is 4.10. The molecule has 0 spiro atoms. The molecule has 2 aliphatic rings. The van der Waals surface area contributed by atoms with Gasteiger partial charge in [-0.1, -0.05) is 24.2 Å². The molecule has 146 valence electrons. The number of rotatable bonds is 5. The summed E-state index contributed by atoms with van der Waals surface area (Å²) in [5, 5.41) is 4.17. The highest BCUT2D eigenvalue weighted by molar-refractivity contribution is 7.21. The zero-order valence-corrected chi connectivity index (χ0v) is 16.7. The van der Waals surface area contributed by atoms with Gasteiger partial charge in [-0.25, -0.2) is 9.97 Å². The summed E-state index contributed by atoms with van der Waals surface area (Å²) in [5.41, 5.74) is 0.946. The lowest BCUT2D eigenvalue weighted by Gasteiger charge is -2.31. The molecular formula is C20H29N5OS. The molecule has 4 rings (SSSR count). The van der Waals surface area contributed by atoms with E-state index < -0.39 is 0 Å². The number of hydrogen-bond donors (Lipinski definition) is 1. The van der Waals surface area contributed by atoms with Crippen LogP contribution < -0.4 is 10.2 Å². The number of carbonyl (C=O) groups is 1. The Labute approximate surface area is 165 Å². The van der Waals surface area contributed by atoms with Crippen LogP contribution in [-0.4, -0.2) is 60.0 Å². The first kappa shape index (κ1) is 18.6. The monoisotopic (exact) mass is 387 g/mol. The fourth-order valence-corrected chi connectivity index (χ4v) is 5.04. The van der Waals surface area contributed by atoms with Gasteiger partial charge in [0.05, 0.1) is 5.92 Å². The molecule has 2 saturated heterocycles. The van der Waals surface area contributed by atoms with Crippen LogP contribution >= 0.6 is 11.3 Å². The van der Waals surface area contributed by atoms with Gasteiger partial charge in [0.25, 0.3) is 0 Å². The van der Waals surface area contributed by atoms with Gasteiger partial charge < -0.3 is 15.1 Å². The number of carbonyl (C=O) groups excluding carboxylic acids is 1. The van der Waals surface area contributed by atoms with Gasteiger partial charge in [-0.2, -0.15) is 0 Å². The number of thiazole rings is 1. The van der Waals surface area contributed by atoms with Crippen LogP contribution in [0.4, 0.5) is 5.13 Å². The molecule has 1 amide bonds. The van der Waals surface area contributed by atoms with Gasteiger partial charge in [-0.15, -0.1) is 0 Å². The molecular weight excluding hydrogens is 358 g/mol. The lowest BCUT2D eigenvalue weighted by atomic mass is 9.97. The van der Waals surface area contributed by atoms with Crippen molar-refractivity contribution in [1.29, 1.82) is 0 Å². The number of piperidine rings is 1. The Morgan fingerprint density at radius 3 is 2.85 bits per heavy atom. The topological polar surface area (TPSA) is 61.4 Å². The van der Waals surface area contributed by atoms with E-state index in [4.69, 9.17) is 4.98 Å². The molecule has 2 aromatic rings. The second-order valence-electron chi connectivity index (χ2n) is 7.66. The number of amides is 1. The van der Waals surface area contributed by atoms with Crippen LogP contribution in [-0.2, 0) is 4.79 Å². The summed E-state index contributed by atoms with van der Waals surface area (Å²) in [6, 6.07) is 3.92. The van der Waals surface area contributed by atoms with Crippen LogP contribution in [0.5, 0.6) is 0 Å². The number of hydrogen-bond acceptors (Lipinski definition) is 6. The molecule has 2 aliphatic heterocycles. The van der Waals surface area contributed by atoms with Crippen molar-refractivity contribution >= 4 is 32.7 Å². The van der Waals surface area contributed by atoms with E-state index in [1.54, 1.807) is 17.5 Å². The Morgan fingerprint density at radius 2 is 2.04 bits per heavy atom. The van der Waals surface area contributed by atoms with Crippen LogP contribution in [0, 0.1) is 5.92 Å². The number of anilines is 1. The molecule has 1 unspecified atom stereocenters. The van der Waals surface area contributed by atoms with E-state index in [0.29, 0.717) is 0 Å². The third-order valence-corrected chi connectivity index (χ3v) is 6.68. The van der Waals surface area contributed by atoms with E-state index in [1.165, 1.54) is 38.8 Å². The molecule has 0 aromatic carbocycles. The van der Waals surface area contributed by atoms with Gasteiger partial charge in [0, 0.05) is 32.4 Å². The quantitative estimate of drug-likeness (QED) is 0.855. The summed E-state index contributed by atoms with van der Waals surface area (Å²) >= 11 is 1.62. The van der Waals surface area contributed by atoms with Gasteiger partial charge in [0.1, 0.15) is 10.3 Å². The minimum absolute atomic E-state index is 0.0582. The largest absolute Gasteiger partial charge is 0.355 e. The van der Waals surface area contributed by atoms with E-state index in [1.807, 2.05) is 12.1 Å². The third-order valence-electron chi connectivity index (χ3n) is 5.64. The molecule has 7 heteroatoms. The lowest BCUT2D eigenvalue weighted by molar-refractivity contribution is -0.125. The fraction of sp³-hybridized carbons (Fsp3) is 0.650. The first-order chi connectivity index (χ1) is 13.3. The van der Waals surface area contributed by atoms with Gasteiger partial charge >= 0.3 is 0 Å². The van der Waals surface area contributed by atoms with E-state index in [-0.39, 0.29) is 11.8 Å². The summed E-state index contributed by atoms with van der Waals surface area (Å²) in [6.45, 7) is 5.83. The summed E-state index contributed by atoms with van der Waals surface area (Å²) in [5.74, 6) is 0.261. The van der Waals surface area contributed by atoms with E-state index in [2.05, 4.69) is 20.1 Å². The average molecular weight is 388 g/mol. The van der Waals surface area contributed by atoms with Crippen molar-refractivity contribution in [2.75, 3.05) is 44.2 Å². The third kappa shape index (κ3) is 4.76. The molecule has 2 fully saturated rings. The van der Waals surface area contributed by atoms with Gasteiger partial charge in [0.2, 0.25) is 5.91 Å². The standard InChI is InChI=1S/C20H29N5OS/c26-18(21-10-14-24-11-3-1-2-4-12-24)16-7-6-13-25(15-16)20-23-17-8-5-9-22-19(17)27-20/h5,8-9,16H,1-4,6-7,10-15H2,(H,21,26). The average Bonchev–Trinajstić information content (AvgIpc) is 2.97. The van der Waals surface area contributed by atoms with Crippen LogP contribution in [0.15, 0.2) is 18.3 Å². The van der Waals surface area contributed by atoms with Crippen LogP contribution in [0.25, 0.3) is 10.3 Å². The first-order valence-corrected chi connectivity index (χ1v) is 11.1. The summed E-state index contributed by atoms with van der Waals surface area (Å²) in [7, 11) is 0. The van der Waals surface area contributed by atoms with Crippen LogP contribution in [0.3, 0.4) is 0 Å². The van der Waals surface area contributed by atoms with Crippen molar-refractivity contribution in [3.8, 4) is 0 Å². The molecule has 0 radical (unpaired) electrons. The summed E-state index contributed by atoms with van der Waals surface area (Å²) in [4.78, 5) is 27.5. The van der Waals surface area contributed by atoms with Crippen LogP contribution in [0.2, 0.25) is 0 Å². The molecule has 0 saturated carbocycles. The van der Waals surface area contributed by atoms with E-state index in [9.17, 15) is 4.79 Å². The highest BCUT2D eigenvalue weighted by atomic mass is 32.1. The lowest BCUT2D eigenvalue weighted by Crippen LogP contribution is -2.44. The predicted octanol–water partition coefficient (Wildman–Crippen LogP) is 2.90. The number of nitrogens with zero attached hydrogens (tertiary/aromatic N) is 4. The first-order valence-electron chi connectivity index (χ1n) is 10.3. The second-order valence-corrected chi connectivity index (χ2v) is 8.61. The molecule has 2 aromatic heterocycles. The Hall–Kier alpha value is -1.73. The van der Waals surface area contributed by atoms with E-state index in [0.717, 1.165) is 54.5 Å². The van der Waals surface area contributed by atoms with Crippen molar-refractivity contribution in [3.05, 3.63) is 18.3 Å². The Bertz CT molecular complexity index is 723. The summed E-state index contributed by atoms with van der Waals surface area (Å²) in [6.07, 6.45) is 9.10. The number of nitrogens with one attached hydrogen (secondary N) is 1. The minimum Gasteiger partial charge on any atom is -0.355 e. The minimum atomic E-state index is 0.0582. The predicted molar refractivity (Wildman–Crippen MR) is 110 cm³/mol. The molecule has 1 atom stereocenters. The van der Waals surface area contributed by atoms with Crippen molar-refractivity contribution in [2.24, 2.45) is 5.92 Å². The number of likely N-dealkylation sites (tertiary alicyclic amines) is 1. The zero-order valence-electron chi connectivity index (χ0n) is 15.9. The van der Waals surface area contributed by atoms with Crippen molar-refractivity contribution < 1.29 is 4.79 Å². The normalized spacial score (nSPS) is 21.9. The molecule has 1 N–H and O–H groups in total. The zero-order chi connectivity index (χ0) is 18.5. The van der Waals surface area contributed by atoms with Crippen molar-refractivity contribution in [1.82, 2.24) is 20.2 Å². The Kier molecular flexibility index (Phi) is 6.19. The highest BCUT2D eigenvalue weighted by Gasteiger charge is 2.27. The van der Waals surface area contributed by atoms with Crippen molar-refractivity contribution in [2.45, 2.75) is 38.5 Å². The number of aromatic nitrogens is 2. The number of pyridine rings is 1. The Balaban J connectivity index is 1.28. The van der Waals surface area contributed by atoms with Gasteiger partial charge in [0.15, 0.2) is 5.13 Å². The molecule has 27 heavy (non-hydrogen) atoms. The molecule has 4 heterocycles. The maximum Gasteiger partial charge on any atom is 0.224 e. The second kappa shape index (κ2) is 8.97. The highest BCUT2D eigenvalue weighted by Crippen LogP contribution is 2.30.